The summed E-state index contributed by atoms with van der Waals surface area (Å²) in [5.74, 6) is 1.30. The number of aromatic nitrogens is 2. The van der Waals surface area contributed by atoms with Crippen LogP contribution in [0.2, 0.25) is 5.02 Å². The van der Waals surface area contributed by atoms with Crippen molar-refractivity contribution in [3.05, 3.63) is 51.5 Å². The first-order chi connectivity index (χ1) is 9.24. The van der Waals surface area contributed by atoms with Gasteiger partial charge in [0.25, 0.3) is 5.56 Å². The van der Waals surface area contributed by atoms with Crippen molar-refractivity contribution < 1.29 is 4.74 Å². The van der Waals surface area contributed by atoms with Crippen molar-refractivity contribution in [3.63, 3.8) is 0 Å². The number of hydrogen-bond donors (Lipinski definition) is 2. The van der Waals surface area contributed by atoms with E-state index in [1.165, 1.54) is 11.9 Å². The number of hydrogen-bond acceptors (Lipinski definition) is 4. The standard InChI is InChI=1S/C13H12ClN3O2/c14-11-12(16-7-17-13(11)18)15-6-9-5-8-3-1-2-4-10(8)19-9/h1-4,7,9H,5-6H2,(H2,15,16,17,18). The van der Waals surface area contributed by atoms with Crippen LogP contribution in [0, 0.1) is 0 Å². The summed E-state index contributed by atoms with van der Waals surface area (Å²) in [5, 5.41) is 3.11. The Labute approximate surface area is 114 Å². The zero-order valence-electron chi connectivity index (χ0n) is 10.0. The van der Waals surface area contributed by atoms with Crippen molar-refractivity contribution in [2.24, 2.45) is 0 Å². The van der Waals surface area contributed by atoms with Gasteiger partial charge in [-0.05, 0) is 11.6 Å². The number of H-pyrrole nitrogens is 1. The number of anilines is 1. The van der Waals surface area contributed by atoms with Crippen LogP contribution < -0.4 is 15.6 Å². The Morgan fingerprint density at radius 2 is 2.32 bits per heavy atom. The highest BCUT2D eigenvalue weighted by Gasteiger charge is 2.22. The molecule has 19 heavy (non-hydrogen) atoms. The molecule has 0 aliphatic carbocycles. The fourth-order valence-electron chi connectivity index (χ4n) is 2.08. The van der Waals surface area contributed by atoms with Gasteiger partial charge >= 0.3 is 0 Å². The summed E-state index contributed by atoms with van der Waals surface area (Å²) in [7, 11) is 0. The zero-order valence-corrected chi connectivity index (χ0v) is 10.8. The average molecular weight is 278 g/mol. The van der Waals surface area contributed by atoms with Gasteiger partial charge in [0.15, 0.2) is 5.82 Å². The van der Waals surface area contributed by atoms with Crippen LogP contribution in [-0.4, -0.2) is 22.6 Å². The van der Waals surface area contributed by atoms with Crippen molar-refractivity contribution in [1.29, 1.82) is 0 Å². The van der Waals surface area contributed by atoms with Crippen molar-refractivity contribution in [1.82, 2.24) is 9.97 Å². The zero-order chi connectivity index (χ0) is 13.2. The molecule has 1 aromatic carbocycles. The molecule has 1 aliphatic heterocycles. The lowest BCUT2D eigenvalue weighted by Gasteiger charge is -2.12. The predicted molar refractivity (Wildman–Crippen MR) is 72.9 cm³/mol. The molecule has 0 fully saturated rings. The maximum absolute atomic E-state index is 11.3. The number of halogens is 1. The highest BCUT2D eigenvalue weighted by Crippen LogP contribution is 2.28. The second kappa shape index (κ2) is 4.93. The molecule has 1 aromatic heterocycles. The molecule has 1 aliphatic rings. The van der Waals surface area contributed by atoms with Gasteiger partial charge in [0.2, 0.25) is 0 Å². The molecule has 2 N–H and O–H groups in total. The van der Waals surface area contributed by atoms with Gasteiger partial charge in [0.1, 0.15) is 16.9 Å². The van der Waals surface area contributed by atoms with Crippen LogP contribution in [0.15, 0.2) is 35.4 Å². The van der Waals surface area contributed by atoms with Crippen LogP contribution in [0.5, 0.6) is 5.75 Å². The van der Waals surface area contributed by atoms with Crippen LogP contribution in [0.1, 0.15) is 5.56 Å². The van der Waals surface area contributed by atoms with Gasteiger partial charge < -0.3 is 15.0 Å². The van der Waals surface area contributed by atoms with Crippen LogP contribution in [0.25, 0.3) is 0 Å². The Balaban J connectivity index is 1.66. The molecule has 6 heteroatoms. The minimum Gasteiger partial charge on any atom is -0.488 e. The molecule has 3 rings (SSSR count). The second-order valence-electron chi connectivity index (χ2n) is 4.33. The SMILES string of the molecule is O=c1[nH]cnc(NCC2Cc3ccccc3O2)c1Cl. The summed E-state index contributed by atoms with van der Waals surface area (Å²) < 4.78 is 5.78. The Bertz CT molecular complexity index is 631. The third kappa shape index (κ3) is 2.42. The molecule has 0 saturated heterocycles. The van der Waals surface area contributed by atoms with Gasteiger partial charge in [0, 0.05) is 6.42 Å². The van der Waals surface area contributed by atoms with Crippen molar-refractivity contribution in [3.8, 4) is 5.75 Å². The van der Waals surface area contributed by atoms with Gasteiger partial charge in [-0.2, -0.15) is 0 Å². The summed E-state index contributed by atoms with van der Waals surface area (Å²) in [6, 6.07) is 7.94. The van der Waals surface area contributed by atoms with E-state index < -0.39 is 0 Å². The van der Waals surface area contributed by atoms with E-state index in [9.17, 15) is 4.79 Å². The van der Waals surface area contributed by atoms with E-state index in [2.05, 4.69) is 15.3 Å². The monoisotopic (exact) mass is 277 g/mol. The number of ether oxygens (including phenoxy) is 1. The minimum absolute atomic E-state index is 0.0227. The van der Waals surface area contributed by atoms with E-state index in [1.807, 2.05) is 24.3 Å². The average Bonchev–Trinajstić information content (AvgIpc) is 2.83. The first-order valence-electron chi connectivity index (χ1n) is 5.95. The van der Waals surface area contributed by atoms with Gasteiger partial charge in [-0.1, -0.05) is 29.8 Å². The molecular weight excluding hydrogens is 266 g/mol. The second-order valence-corrected chi connectivity index (χ2v) is 4.70. The maximum Gasteiger partial charge on any atom is 0.271 e. The summed E-state index contributed by atoms with van der Waals surface area (Å²) >= 11 is 5.86. The smallest absolute Gasteiger partial charge is 0.271 e. The quantitative estimate of drug-likeness (QED) is 0.898. The minimum atomic E-state index is -0.352. The van der Waals surface area contributed by atoms with E-state index in [0.29, 0.717) is 12.4 Å². The van der Waals surface area contributed by atoms with Gasteiger partial charge in [0.05, 0.1) is 12.9 Å². The first kappa shape index (κ1) is 12.0. The largest absolute Gasteiger partial charge is 0.488 e. The molecular formula is C13H12ClN3O2. The molecule has 1 atom stereocenters. The summed E-state index contributed by atoms with van der Waals surface area (Å²) in [4.78, 5) is 17.7. The lowest BCUT2D eigenvalue weighted by molar-refractivity contribution is 0.246. The molecule has 1 unspecified atom stereocenters. The Kier molecular flexibility index (Phi) is 3.13. The van der Waals surface area contributed by atoms with Gasteiger partial charge in [-0.3, -0.25) is 4.79 Å². The number of nitrogens with one attached hydrogen (secondary N) is 2. The highest BCUT2D eigenvalue weighted by molar-refractivity contribution is 6.32. The lowest BCUT2D eigenvalue weighted by atomic mass is 10.1. The van der Waals surface area contributed by atoms with E-state index in [-0.39, 0.29) is 16.7 Å². The Morgan fingerprint density at radius 1 is 1.47 bits per heavy atom. The van der Waals surface area contributed by atoms with E-state index >= 15 is 0 Å². The molecule has 2 heterocycles. The molecule has 0 radical (unpaired) electrons. The maximum atomic E-state index is 11.3. The molecule has 2 aromatic rings. The number of nitrogens with zero attached hydrogens (tertiary/aromatic N) is 1. The predicted octanol–water partition coefficient (Wildman–Crippen LogP) is 1.84. The van der Waals surface area contributed by atoms with Crippen LogP contribution in [0.3, 0.4) is 0 Å². The number of fused-ring (bicyclic) bond motifs is 1. The van der Waals surface area contributed by atoms with E-state index in [0.717, 1.165) is 12.2 Å². The van der Waals surface area contributed by atoms with Crippen molar-refractivity contribution in [2.45, 2.75) is 12.5 Å². The Hall–Kier alpha value is -2.01. The van der Waals surface area contributed by atoms with Crippen molar-refractivity contribution in [2.75, 3.05) is 11.9 Å². The number of para-hydroxylation sites is 1. The molecule has 0 spiro atoms. The van der Waals surface area contributed by atoms with E-state index in [4.69, 9.17) is 16.3 Å². The lowest BCUT2D eigenvalue weighted by Crippen LogP contribution is -2.25. The number of rotatable bonds is 3. The molecule has 0 amide bonds. The number of benzene rings is 1. The summed E-state index contributed by atoms with van der Waals surface area (Å²) in [5.41, 5.74) is 0.842. The third-order valence-electron chi connectivity index (χ3n) is 3.01. The fraction of sp³-hybridized carbons (Fsp3) is 0.231. The molecule has 0 bridgehead atoms. The normalized spacial score (nSPS) is 16.8. The topological polar surface area (TPSA) is 67.0 Å². The van der Waals surface area contributed by atoms with Crippen LogP contribution in [0.4, 0.5) is 5.82 Å². The fourth-order valence-corrected chi connectivity index (χ4v) is 2.25. The molecule has 98 valence electrons. The first-order valence-corrected chi connectivity index (χ1v) is 6.33. The Morgan fingerprint density at radius 3 is 3.16 bits per heavy atom. The van der Waals surface area contributed by atoms with E-state index in [1.54, 1.807) is 0 Å². The van der Waals surface area contributed by atoms with Gasteiger partial charge in [-0.15, -0.1) is 0 Å². The van der Waals surface area contributed by atoms with Crippen molar-refractivity contribution >= 4 is 17.4 Å². The van der Waals surface area contributed by atoms with Crippen LogP contribution in [-0.2, 0) is 6.42 Å². The molecule has 5 nitrogen and oxygen atoms in total. The summed E-state index contributed by atoms with van der Waals surface area (Å²) in [6.45, 7) is 0.546. The third-order valence-corrected chi connectivity index (χ3v) is 3.36. The number of aromatic amines is 1. The van der Waals surface area contributed by atoms with Gasteiger partial charge in [-0.25, -0.2) is 4.98 Å². The summed E-state index contributed by atoms with van der Waals surface area (Å²) in [6.07, 6.45) is 2.18. The highest BCUT2D eigenvalue weighted by atomic mass is 35.5. The van der Waals surface area contributed by atoms with Crippen LogP contribution >= 0.6 is 11.6 Å². The molecule has 0 saturated carbocycles.